The third-order valence-corrected chi connectivity index (χ3v) is 2.14. The van der Waals surface area contributed by atoms with Gasteiger partial charge in [-0.1, -0.05) is 26.0 Å². The van der Waals surface area contributed by atoms with E-state index in [1.165, 1.54) is 5.56 Å². The Kier molecular flexibility index (Phi) is 4.35. The standard InChI is InChI=1S/C13H19NO2/c1-9(2)11-6-5-7-12(8-11)14-13(15)16-10(3)4/h5-10H,1-4H3,(H,14,15). The van der Waals surface area contributed by atoms with Crippen LogP contribution in [0.15, 0.2) is 24.3 Å². The first-order valence-electron chi connectivity index (χ1n) is 5.56. The van der Waals surface area contributed by atoms with Gasteiger partial charge in [0.2, 0.25) is 0 Å². The van der Waals surface area contributed by atoms with Gasteiger partial charge in [-0.25, -0.2) is 4.79 Å². The van der Waals surface area contributed by atoms with Crippen LogP contribution in [0, 0.1) is 0 Å². The third kappa shape index (κ3) is 3.93. The third-order valence-electron chi connectivity index (χ3n) is 2.14. The topological polar surface area (TPSA) is 38.3 Å². The monoisotopic (exact) mass is 221 g/mol. The van der Waals surface area contributed by atoms with Crippen molar-refractivity contribution in [3.8, 4) is 0 Å². The van der Waals surface area contributed by atoms with Crippen LogP contribution in [0.2, 0.25) is 0 Å². The number of amides is 1. The molecule has 1 amide bonds. The summed E-state index contributed by atoms with van der Waals surface area (Å²) in [5.41, 5.74) is 1.97. The van der Waals surface area contributed by atoms with Crippen molar-refractivity contribution < 1.29 is 9.53 Å². The Balaban J connectivity index is 2.67. The van der Waals surface area contributed by atoms with Gasteiger partial charge in [0.15, 0.2) is 0 Å². The summed E-state index contributed by atoms with van der Waals surface area (Å²) in [6, 6.07) is 7.80. The second kappa shape index (κ2) is 5.54. The molecule has 1 N–H and O–H groups in total. The van der Waals surface area contributed by atoms with Crippen molar-refractivity contribution in [1.29, 1.82) is 0 Å². The first kappa shape index (κ1) is 12.6. The lowest BCUT2D eigenvalue weighted by atomic mass is 10.0. The van der Waals surface area contributed by atoms with Gasteiger partial charge in [-0.05, 0) is 37.5 Å². The van der Waals surface area contributed by atoms with E-state index in [-0.39, 0.29) is 6.10 Å². The molecule has 3 heteroatoms. The largest absolute Gasteiger partial charge is 0.447 e. The number of benzene rings is 1. The maximum Gasteiger partial charge on any atom is 0.411 e. The van der Waals surface area contributed by atoms with Crippen LogP contribution in [-0.4, -0.2) is 12.2 Å². The van der Waals surface area contributed by atoms with Crippen molar-refractivity contribution in [1.82, 2.24) is 0 Å². The number of ether oxygens (including phenoxy) is 1. The molecular weight excluding hydrogens is 202 g/mol. The molecule has 0 bridgehead atoms. The zero-order chi connectivity index (χ0) is 12.1. The van der Waals surface area contributed by atoms with E-state index in [1.807, 2.05) is 38.1 Å². The van der Waals surface area contributed by atoms with Crippen molar-refractivity contribution in [3.05, 3.63) is 29.8 Å². The van der Waals surface area contributed by atoms with Crippen molar-refractivity contribution in [2.24, 2.45) is 0 Å². The number of carbonyl (C=O) groups excluding carboxylic acids is 1. The van der Waals surface area contributed by atoms with E-state index in [2.05, 4.69) is 19.2 Å². The van der Waals surface area contributed by atoms with Crippen LogP contribution in [0.5, 0.6) is 0 Å². The number of carbonyl (C=O) groups is 1. The number of nitrogens with one attached hydrogen (secondary N) is 1. The Bertz CT molecular complexity index is 359. The summed E-state index contributed by atoms with van der Waals surface area (Å²) in [5, 5.41) is 2.71. The molecule has 0 saturated heterocycles. The van der Waals surface area contributed by atoms with Crippen LogP contribution in [0.1, 0.15) is 39.2 Å². The fourth-order valence-electron chi connectivity index (χ4n) is 1.34. The second-order valence-corrected chi connectivity index (χ2v) is 4.36. The van der Waals surface area contributed by atoms with Gasteiger partial charge in [0.1, 0.15) is 0 Å². The highest BCUT2D eigenvalue weighted by Crippen LogP contribution is 2.18. The lowest BCUT2D eigenvalue weighted by Crippen LogP contribution is -2.18. The molecular formula is C13H19NO2. The van der Waals surface area contributed by atoms with Gasteiger partial charge < -0.3 is 4.74 Å². The van der Waals surface area contributed by atoms with Crippen LogP contribution in [0.3, 0.4) is 0 Å². The summed E-state index contributed by atoms with van der Waals surface area (Å²) in [5.74, 6) is 0.447. The molecule has 16 heavy (non-hydrogen) atoms. The highest BCUT2D eigenvalue weighted by Gasteiger charge is 2.06. The molecule has 0 atom stereocenters. The molecule has 0 aliphatic carbocycles. The van der Waals surface area contributed by atoms with Gasteiger partial charge in [0.25, 0.3) is 0 Å². The van der Waals surface area contributed by atoms with Gasteiger partial charge in [0, 0.05) is 5.69 Å². The lowest BCUT2D eigenvalue weighted by molar-refractivity contribution is 0.130. The average molecular weight is 221 g/mol. The fourth-order valence-corrected chi connectivity index (χ4v) is 1.34. The summed E-state index contributed by atoms with van der Waals surface area (Å²) in [6.45, 7) is 7.88. The van der Waals surface area contributed by atoms with Crippen LogP contribution in [-0.2, 0) is 4.74 Å². The summed E-state index contributed by atoms with van der Waals surface area (Å²) in [7, 11) is 0. The molecule has 0 aromatic heterocycles. The molecule has 0 fully saturated rings. The maximum absolute atomic E-state index is 11.4. The summed E-state index contributed by atoms with van der Waals surface area (Å²) in [4.78, 5) is 11.4. The molecule has 0 saturated carbocycles. The van der Waals surface area contributed by atoms with Crippen molar-refractivity contribution in [3.63, 3.8) is 0 Å². The van der Waals surface area contributed by atoms with Gasteiger partial charge >= 0.3 is 6.09 Å². The minimum Gasteiger partial charge on any atom is -0.447 e. The van der Waals surface area contributed by atoms with E-state index in [0.29, 0.717) is 5.92 Å². The Hall–Kier alpha value is -1.51. The van der Waals surface area contributed by atoms with Crippen molar-refractivity contribution in [2.75, 3.05) is 5.32 Å². The number of hydrogen-bond donors (Lipinski definition) is 1. The predicted molar refractivity (Wildman–Crippen MR) is 65.8 cm³/mol. The molecule has 0 aliphatic heterocycles. The molecule has 0 spiro atoms. The minimum atomic E-state index is -0.407. The fraction of sp³-hybridized carbons (Fsp3) is 0.462. The van der Waals surface area contributed by atoms with Crippen LogP contribution in [0.25, 0.3) is 0 Å². The normalized spacial score (nSPS) is 10.6. The molecule has 1 rings (SSSR count). The predicted octanol–water partition coefficient (Wildman–Crippen LogP) is 3.77. The zero-order valence-electron chi connectivity index (χ0n) is 10.3. The molecule has 0 radical (unpaired) electrons. The first-order chi connectivity index (χ1) is 7.49. The smallest absolute Gasteiger partial charge is 0.411 e. The Morgan fingerprint density at radius 3 is 2.50 bits per heavy atom. The summed E-state index contributed by atoms with van der Waals surface area (Å²) < 4.78 is 5.00. The molecule has 1 aromatic rings. The number of hydrogen-bond acceptors (Lipinski definition) is 2. The van der Waals surface area contributed by atoms with Crippen LogP contribution < -0.4 is 5.32 Å². The number of anilines is 1. The Labute approximate surface area is 96.8 Å². The van der Waals surface area contributed by atoms with Crippen LogP contribution >= 0.6 is 0 Å². The van der Waals surface area contributed by atoms with Gasteiger partial charge in [0.05, 0.1) is 6.10 Å². The summed E-state index contributed by atoms with van der Waals surface area (Å²) >= 11 is 0. The van der Waals surface area contributed by atoms with Gasteiger partial charge in [-0.2, -0.15) is 0 Å². The minimum absolute atomic E-state index is 0.103. The van der Waals surface area contributed by atoms with Crippen molar-refractivity contribution in [2.45, 2.75) is 39.7 Å². The molecule has 1 aromatic carbocycles. The molecule has 0 unspecified atom stereocenters. The SMILES string of the molecule is CC(C)OC(=O)Nc1cccc(C(C)C)c1. The second-order valence-electron chi connectivity index (χ2n) is 4.36. The zero-order valence-corrected chi connectivity index (χ0v) is 10.3. The summed E-state index contributed by atoms with van der Waals surface area (Å²) in [6.07, 6.45) is -0.510. The lowest BCUT2D eigenvalue weighted by Gasteiger charge is -2.11. The average Bonchev–Trinajstić information content (AvgIpc) is 2.16. The molecule has 0 heterocycles. The first-order valence-corrected chi connectivity index (χ1v) is 5.56. The van der Waals surface area contributed by atoms with Gasteiger partial charge in [-0.15, -0.1) is 0 Å². The Morgan fingerprint density at radius 2 is 1.94 bits per heavy atom. The highest BCUT2D eigenvalue weighted by molar-refractivity contribution is 5.84. The van der Waals surface area contributed by atoms with Gasteiger partial charge in [-0.3, -0.25) is 5.32 Å². The van der Waals surface area contributed by atoms with E-state index < -0.39 is 6.09 Å². The van der Waals surface area contributed by atoms with Crippen LogP contribution in [0.4, 0.5) is 10.5 Å². The van der Waals surface area contributed by atoms with E-state index in [4.69, 9.17) is 4.74 Å². The quantitative estimate of drug-likeness (QED) is 0.843. The number of rotatable bonds is 3. The molecule has 88 valence electrons. The molecule has 3 nitrogen and oxygen atoms in total. The highest BCUT2D eigenvalue weighted by atomic mass is 16.6. The van der Waals surface area contributed by atoms with E-state index in [1.54, 1.807) is 0 Å². The molecule has 0 aliphatic rings. The van der Waals surface area contributed by atoms with Crippen molar-refractivity contribution >= 4 is 11.8 Å². The maximum atomic E-state index is 11.4. The van der Waals surface area contributed by atoms with E-state index >= 15 is 0 Å². The Morgan fingerprint density at radius 1 is 1.25 bits per heavy atom. The van der Waals surface area contributed by atoms with E-state index in [0.717, 1.165) is 5.69 Å². The van der Waals surface area contributed by atoms with E-state index in [9.17, 15) is 4.79 Å².